The Kier molecular flexibility index (Phi) is 5.74. The molecule has 2 aliphatic rings. The van der Waals surface area contributed by atoms with Crippen molar-refractivity contribution in [3.05, 3.63) is 130 Å². The fourth-order valence-electron chi connectivity index (χ4n) is 4.54. The third kappa shape index (κ3) is 3.67. The van der Waals surface area contributed by atoms with Crippen LogP contribution in [0.2, 0.25) is 0 Å². The summed E-state index contributed by atoms with van der Waals surface area (Å²) in [6, 6.07) is 36.5. The van der Waals surface area contributed by atoms with Gasteiger partial charge in [-0.2, -0.15) is 10.2 Å². The average Bonchev–Trinajstić information content (AvgIpc) is 3.32. The van der Waals surface area contributed by atoms with Gasteiger partial charge in [0.15, 0.2) is 10.8 Å². The Labute approximate surface area is 222 Å². The van der Waals surface area contributed by atoms with E-state index in [1.165, 1.54) is 11.8 Å². The Bertz CT molecular complexity index is 1510. The standard InChI is InChI=1S/C29H21BrN4OS/c1-20(35)28-32-34(24-18-16-22(30)17-19-24)29(36-28)26-15-9-8-14-25(26)27(21-10-4-2-5-11-21)31-33(29)23-12-6-3-7-13-23/h2-19H,1H3/t29-/m0/s1. The van der Waals surface area contributed by atoms with Gasteiger partial charge in [0.2, 0.25) is 4.99 Å². The summed E-state index contributed by atoms with van der Waals surface area (Å²) < 4.78 is 0.969. The molecule has 1 spiro atoms. The highest BCUT2D eigenvalue weighted by Gasteiger charge is 2.55. The Morgan fingerprint density at radius 3 is 2.03 bits per heavy atom. The molecular formula is C29H21BrN4OS. The number of nitrogens with zero attached hydrogens (tertiary/aromatic N) is 4. The molecule has 6 rings (SSSR count). The van der Waals surface area contributed by atoms with Crippen LogP contribution in [0.5, 0.6) is 0 Å². The van der Waals surface area contributed by atoms with Gasteiger partial charge in [0.1, 0.15) is 0 Å². The molecule has 176 valence electrons. The zero-order chi connectivity index (χ0) is 24.7. The maximum absolute atomic E-state index is 12.7. The van der Waals surface area contributed by atoms with Crippen LogP contribution in [0.4, 0.5) is 11.4 Å². The average molecular weight is 553 g/mol. The topological polar surface area (TPSA) is 48.3 Å². The third-order valence-electron chi connectivity index (χ3n) is 6.16. The lowest BCUT2D eigenvalue weighted by Gasteiger charge is -2.47. The lowest BCUT2D eigenvalue weighted by Crippen LogP contribution is -2.54. The number of hydrogen-bond donors (Lipinski definition) is 0. The molecule has 0 fully saturated rings. The minimum absolute atomic E-state index is 0.0812. The van der Waals surface area contributed by atoms with Gasteiger partial charge in [0.05, 0.1) is 17.1 Å². The Hall–Kier alpha value is -3.68. The van der Waals surface area contributed by atoms with Gasteiger partial charge in [-0.05, 0) is 48.2 Å². The van der Waals surface area contributed by atoms with Crippen LogP contribution >= 0.6 is 27.7 Å². The summed E-state index contributed by atoms with van der Waals surface area (Å²) in [5.41, 5.74) is 5.66. The molecule has 0 aliphatic carbocycles. The number of ketones is 1. The van der Waals surface area contributed by atoms with Gasteiger partial charge in [-0.3, -0.25) is 4.79 Å². The smallest absolute Gasteiger partial charge is 0.234 e. The van der Waals surface area contributed by atoms with E-state index in [4.69, 9.17) is 10.2 Å². The molecule has 0 radical (unpaired) electrons. The first-order valence-corrected chi connectivity index (χ1v) is 13.1. The molecule has 0 N–H and O–H groups in total. The molecule has 0 unspecified atom stereocenters. The second kappa shape index (κ2) is 9.08. The lowest BCUT2D eigenvalue weighted by molar-refractivity contribution is -0.110. The van der Waals surface area contributed by atoms with Crippen molar-refractivity contribution < 1.29 is 4.79 Å². The maximum atomic E-state index is 12.7. The molecule has 4 aromatic carbocycles. The van der Waals surface area contributed by atoms with Gasteiger partial charge in [-0.1, -0.05) is 88.7 Å². The number of hydrogen-bond acceptors (Lipinski definition) is 6. The van der Waals surface area contributed by atoms with Crippen LogP contribution in [0.3, 0.4) is 0 Å². The number of fused-ring (bicyclic) bond motifs is 2. The fourth-order valence-corrected chi connectivity index (χ4v) is 6.09. The van der Waals surface area contributed by atoms with E-state index in [1.807, 2.05) is 94.9 Å². The molecule has 36 heavy (non-hydrogen) atoms. The SMILES string of the molecule is CC(=O)C1=NN(c2ccc(Br)cc2)[C@]2(S1)c1ccccc1C(c1ccccc1)=NN2c1ccccc1. The molecule has 0 bridgehead atoms. The zero-order valence-electron chi connectivity index (χ0n) is 19.4. The molecule has 1 atom stereocenters. The second-order valence-electron chi connectivity index (χ2n) is 8.47. The van der Waals surface area contributed by atoms with E-state index in [0.29, 0.717) is 5.04 Å². The lowest BCUT2D eigenvalue weighted by atomic mass is 9.93. The molecular weight excluding hydrogens is 532 g/mol. The molecule has 7 heteroatoms. The Balaban J connectivity index is 1.66. The highest BCUT2D eigenvalue weighted by Crippen LogP contribution is 2.55. The van der Waals surface area contributed by atoms with Crippen molar-refractivity contribution in [3.8, 4) is 0 Å². The number of Topliss-reactive ketones (excluding diaryl/α,β-unsaturated/α-hetero) is 1. The molecule has 0 aromatic heterocycles. The normalized spacial score (nSPS) is 18.6. The molecule has 4 aromatic rings. The summed E-state index contributed by atoms with van der Waals surface area (Å²) in [5.74, 6) is -0.0812. The van der Waals surface area contributed by atoms with Crippen molar-refractivity contribution in [2.45, 2.75) is 11.9 Å². The summed E-state index contributed by atoms with van der Waals surface area (Å²) in [7, 11) is 0. The first kappa shape index (κ1) is 22.8. The number of thioether (sulfide) groups is 1. The number of benzene rings is 4. The predicted octanol–water partition coefficient (Wildman–Crippen LogP) is 6.99. The minimum atomic E-state index is -0.939. The maximum Gasteiger partial charge on any atom is 0.234 e. The van der Waals surface area contributed by atoms with Crippen LogP contribution in [0.1, 0.15) is 23.6 Å². The van der Waals surface area contributed by atoms with Crippen LogP contribution in [-0.4, -0.2) is 16.5 Å². The van der Waals surface area contributed by atoms with Gasteiger partial charge < -0.3 is 0 Å². The number of hydrazone groups is 2. The first-order chi connectivity index (χ1) is 17.6. The van der Waals surface area contributed by atoms with E-state index < -0.39 is 4.99 Å². The summed E-state index contributed by atoms with van der Waals surface area (Å²) >= 11 is 4.96. The molecule has 2 aliphatic heterocycles. The summed E-state index contributed by atoms with van der Waals surface area (Å²) in [6.45, 7) is 1.56. The van der Waals surface area contributed by atoms with E-state index in [9.17, 15) is 4.79 Å². The minimum Gasteiger partial charge on any atom is -0.292 e. The number of halogens is 1. The molecule has 0 amide bonds. The van der Waals surface area contributed by atoms with Crippen molar-refractivity contribution in [1.29, 1.82) is 0 Å². The van der Waals surface area contributed by atoms with E-state index in [2.05, 4.69) is 40.2 Å². The van der Waals surface area contributed by atoms with E-state index in [1.54, 1.807) is 6.92 Å². The predicted molar refractivity (Wildman–Crippen MR) is 151 cm³/mol. The largest absolute Gasteiger partial charge is 0.292 e. The van der Waals surface area contributed by atoms with Crippen molar-refractivity contribution in [2.24, 2.45) is 10.2 Å². The molecule has 0 saturated carbocycles. The summed E-state index contributed by atoms with van der Waals surface area (Å²) in [6.07, 6.45) is 0. The number of carbonyl (C=O) groups excluding carboxylic acids is 1. The van der Waals surface area contributed by atoms with Gasteiger partial charge in [-0.25, -0.2) is 10.0 Å². The quantitative estimate of drug-likeness (QED) is 0.274. The third-order valence-corrected chi connectivity index (χ3v) is 8.10. The zero-order valence-corrected chi connectivity index (χ0v) is 21.8. The van der Waals surface area contributed by atoms with E-state index >= 15 is 0 Å². The molecule has 0 saturated heterocycles. The van der Waals surface area contributed by atoms with Crippen LogP contribution in [0, 0.1) is 0 Å². The van der Waals surface area contributed by atoms with Crippen molar-refractivity contribution >= 4 is 55.6 Å². The number of carbonyl (C=O) groups is 1. The van der Waals surface area contributed by atoms with Crippen LogP contribution in [-0.2, 0) is 9.79 Å². The van der Waals surface area contributed by atoms with Gasteiger partial charge in [0, 0.05) is 28.1 Å². The highest BCUT2D eigenvalue weighted by atomic mass is 79.9. The van der Waals surface area contributed by atoms with Crippen LogP contribution in [0.25, 0.3) is 0 Å². The van der Waals surface area contributed by atoms with Gasteiger partial charge in [-0.15, -0.1) is 0 Å². The molecule has 5 nitrogen and oxygen atoms in total. The van der Waals surface area contributed by atoms with Crippen LogP contribution < -0.4 is 10.0 Å². The Morgan fingerprint density at radius 1 is 0.750 bits per heavy atom. The van der Waals surface area contributed by atoms with Crippen molar-refractivity contribution in [1.82, 2.24) is 0 Å². The highest BCUT2D eigenvalue weighted by molar-refractivity contribution is 9.10. The van der Waals surface area contributed by atoms with Crippen molar-refractivity contribution in [3.63, 3.8) is 0 Å². The fraction of sp³-hybridized carbons (Fsp3) is 0.0690. The van der Waals surface area contributed by atoms with E-state index in [-0.39, 0.29) is 5.78 Å². The first-order valence-electron chi connectivity index (χ1n) is 11.5. The van der Waals surface area contributed by atoms with Gasteiger partial charge >= 0.3 is 0 Å². The monoisotopic (exact) mass is 552 g/mol. The number of anilines is 2. The second-order valence-corrected chi connectivity index (χ2v) is 10.5. The van der Waals surface area contributed by atoms with Gasteiger partial charge in [0.25, 0.3) is 0 Å². The summed E-state index contributed by atoms with van der Waals surface area (Å²) in [5, 5.41) is 14.5. The molecule has 2 heterocycles. The van der Waals surface area contributed by atoms with Crippen molar-refractivity contribution in [2.75, 3.05) is 10.0 Å². The number of rotatable bonds is 4. The van der Waals surface area contributed by atoms with E-state index in [0.717, 1.165) is 38.2 Å². The van der Waals surface area contributed by atoms with Crippen LogP contribution in [0.15, 0.2) is 124 Å². The number of para-hydroxylation sites is 1. The summed E-state index contributed by atoms with van der Waals surface area (Å²) in [4.78, 5) is 11.8. The Morgan fingerprint density at radius 2 is 1.33 bits per heavy atom.